The molecule has 6 heteroatoms. The van der Waals surface area contributed by atoms with Crippen molar-refractivity contribution in [1.82, 2.24) is 0 Å². The molecule has 6 nitrogen and oxygen atoms in total. The molecule has 0 heterocycles. The van der Waals surface area contributed by atoms with Crippen molar-refractivity contribution in [2.24, 2.45) is 0 Å². The number of rotatable bonds is 14. The van der Waals surface area contributed by atoms with Gasteiger partial charge >= 0.3 is 0 Å². The Hall–Kier alpha value is -0.660. The molecule has 0 aliphatic carbocycles. The van der Waals surface area contributed by atoms with Gasteiger partial charge in [-0.05, 0) is 0 Å². The highest BCUT2D eigenvalue weighted by Gasteiger charge is 1.92. The van der Waals surface area contributed by atoms with Gasteiger partial charge < -0.3 is 23.8 Å². The summed E-state index contributed by atoms with van der Waals surface area (Å²) in [7, 11) is 1.64. The molecule has 0 N–H and O–H groups in total. The summed E-state index contributed by atoms with van der Waals surface area (Å²) in [5, 5.41) is 0. The molecule has 0 saturated carbocycles. The lowest BCUT2D eigenvalue weighted by Crippen LogP contribution is -2.12. The fraction of sp³-hybridized carbons (Fsp3) is 0.818. The van der Waals surface area contributed by atoms with Gasteiger partial charge in [-0.2, -0.15) is 4.89 Å². The third kappa shape index (κ3) is 15.3. The Kier molecular flexibility index (Phi) is 14.7. The van der Waals surface area contributed by atoms with E-state index in [-0.39, 0.29) is 0 Å². The molecule has 0 saturated heterocycles. The Balaban J connectivity index is 2.87. The summed E-state index contributed by atoms with van der Waals surface area (Å²) in [6, 6.07) is 0. The summed E-state index contributed by atoms with van der Waals surface area (Å²) in [4.78, 5) is 9.10. The van der Waals surface area contributed by atoms with Crippen molar-refractivity contribution in [3.05, 3.63) is 12.8 Å². The Labute approximate surface area is 102 Å². The van der Waals surface area contributed by atoms with Crippen molar-refractivity contribution < 1.29 is 28.7 Å². The standard InChI is InChI=1S/C11H22O6/c1-3-16-17-11-10-15-9-8-14-7-6-13-5-4-12-2/h3H,1,4-11H2,2H3. The van der Waals surface area contributed by atoms with Crippen molar-refractivity contribution in [1.29, 1.82) is 0 Å². The first-order valence-corrected chi connectivity index (χ1v) is 5.53. The average Bonchev–Trinajstić information content (AvgIpc) is 2.35. The molecule has 0 aliphatic heterocycles. The molecule has 0 rings (SSSR count). The van der Waals surface area contributed by atoms with Crippen LogP contribution in [0.5, 0.6) is 0 Å². The predicted octanol–water partition coefficient (Wildman–Crippen LogP) is 0.774. The van der Waals surface area contributed by atoms with Crippen LogP contribution >= 0.6 is 0 Å². The van der Waals surface area contributed by atoms with Gasteiger partial charge in [-0.15, -0.1) is 0 Å². The van der Waals surface area contributed by atoms with E-state index in [1.54, 1.807) is 7.11 Å². The van der Waals surface area contributed by atoms with Gasteiger partial charge in [0.2, 0.25) is 0 Å². The maximum absolute atomic E-state index is 5.26. The maximum Gasteiger partial charge on any atom is 0.122 e. The van der Waals surface area contributed by atoms with Gasteiger partial charge in [-0.3, -0.25) is 0 Å². The molecule has 0 bridgehead atoms. The third-order valence-corrected chi connectivity index (χ3v) is 1.62. The van der Waals surface area contributed by atoms with Crippen LogP contribution in [0.25, 0.3) is 0 Å². The van der Waals surface area contributed by atoms with Crippen LogP contribution in [0.2, 0.25) is 0 Å². The maximum atomic E-state index is 5.26. The Bertz CT molecular complexity index is 153. The first-order chi connectivity index (χ1) is 8.41. The lowest BCUT2D eigenvalue weighted by Gasteiger charge is -2.06. The van der Waals surface area contributed by atoms with Crippen LogP contribution in [-0.4, -0.2) is 60.0 Å². The largest absolute Gasteiger partial charge is 0.382 e. The highest BCUT2D eigenvalue weighted by atomic mass is 17.2. The highest BCUT2D eigenvalue weighted by Crippen LogP contribution is 1.83. The number of hydrogen-bond donors (Lipinski definition) is 0. The normalized spacial score (nSPS) is 10.4. The van der Waals surface area contributed by atoms with E-state index in [9.17, 15) is 0 Å². The molecule has 0 aliphatic rings. The molecule has 0 radical (unpaired) electrons. The summed E-state index contributed by atoms with van der Waals surface area (Å²) in [5.74, 6) is 0. The van der Waals surface area contributed by atoms with Crippen LogP contribution in [0.15, 0.2) is 12.8 Å². The summed E-state index contributed by atoms with van der Waals surface area (Å²) < 4.78 is 20.5. The lowest BCUT2D eigenvalue weighted by atomic mass is 10.7. The van der Waals surface area contributed by atoms with E-state index in [4.69, 9.17) is 18.9 Å². The van der Waals surface area contributed by atoms with Crippen LogP contribution in [0, 0.1) is 0 Å². The van der Waals surface area contributed by atoms with Crippen LogP contribution in [-0.2, 0) is 28.7 Å². The smallest absolute Gasteiger partial charge is 0.122 e. The van der Waals surface area contributed by atoms with Crippen molar-refractivity contribution in [2.75, 3.05) is 60.0 Å². The fourth-order valence-corrected chi connectivity index (χ4v) is 0.873. The van der Waals surface area contributed by atoms with Crippen LogP contribution in [0.3, 0.4) is 0 Å². The van der Waals surface area contributed by atoms with Gasteiger partial charge in [0.1, 0.15) is 12.9 Å². The number of methoxy groups -OCH3 is 1. The summed E-state index contributed by atoms with van der Waals surface area (Å²) in [6.45, 7) is 7.54. The van der Waals surface area contributed by atoms with Crippen LogP contribution in [0.4, 0.5) is 0 Å². The molecule has 0 atom stereocenters. The van der Waals surface area contributed by atoms with Gasteiger partial charge in [0.25, 0.3) is 0 Å². The summed E-state index contributed by atoms with van der Waals surface area (Å²) in [6.07, 6.45) is 1.21. The highest BCUT2D eigenvalue weighted by molar-refractivity contribution is 4.42. The van der Waals surface area contributed by atoms with Gasteiger partial charge in [0, 0.05) is 7.11 Å². The van der Waals surface area contributed by atoms with Crippen LogP contribution < -0.4 is 0 Å². The van der Waals surface area contributed by atoms with E-state index in [0.29, 0.717) is 52.9 Å². The predicted molar refractivity (Wildman–Crippen MR) is 61.6 cm³/mol. The molecule has 0 aromatic carbocycles. The second kappa shape index (κ2) is 15.3. The molecule has 0 unspecified atom stereocenters. The van der Waals surface area contributed by atoms with E-state index < -0.39 is 0 Å². The topological polar surface area (TPSA) is 55.4 Å². The second-order valence-electron chi connectivity index (χ2n) is 2.91. The molecular formula is C11H22O6. The van der Waals surface area contributed by atoms with Crippen molar-refractivity contribution >= 4 is 0 Å². The SMILES string of the molecule is C=COOCCOCCOCCOCCOC. The van der Waals surface area contributed by atoms with E-state index >= 15 is 0 Å². The first kappa shape index (κ1) is 16.3. The Morgan fingerprint density at radius 2 is 1.24 bits per heavy atom. The molecular weight excluding hydrogens is 228 g/mol. The van der Waals surface area contributed by atoms with Crippen molar-refractivity contribution in [2.45, 2.75) is 0 Å². The van der Waals surface area contributed by atoms with Crippen molar-refractivity contribution in [3.63, 3.8) is 0 Å². The van der Waals surface area contributed by atoms with Gasteiger partial charge in [0.05, 0.1) is 46.2 Å². The van der Waals surface area contributed by atoms with Crippen LogP contribution in [0.1, 0.15) is 0 Å². The van der Waals surface area contributed by atoms with E-state index in [1.807, 2.05) is 0 Å². The lowest BCUT2D eigenvalue weighted by molar-refractivity contribution is -0.254. The van der Waals surface area contributed by atoms with Crippen molar-refractivity contribution in [3.8, 4) is 0 Å². The zero-order valence-corrected chi connectivity index (χ0v) is 10.4. The van der Waals surface area contributed by atoms with E-state index in [2.05, 4.69) is 16.4 Å². The van der Waals surface area contributed by atoms with Gasteiger partial charge in [0.15, 0.2) is 0 Å². The zero-order valence-electron chi connectivity index (χ0n) is 10.4. The minimum atomic E-state index is 0.367. The minimum Gasteiger partial charge on any atom is -0.382 e. The quantitative estimate of drug-likeness (QED) is 0.196. The molecule has 0 aromatic heterocycles. The molecule has 0 aromatic rings. The molecule has 17 heavy (non-hydrogen) atoms. The van der Waals surface area contributed by atoms with E-state index in [0.717, 1.165) is 0 Å². The molecule has 102 valence electrons. The van der Waals surface area contributed by atoms with E-state index in [1.165, 1.54) is 6.26 Å². The Morgan fingerprint density at radius 1 is 0.765 bits per heavy atom. The molecule has 0 fully saturated rings. The Morgan fingerprint density at radius 3 is 1.71 bits per heavy atom. The summed E-state index contributed by atoms with van der Waals surface area (Å²) in [5.41, 5.74) is 0. The second-order valence-corrected chi connectivity index (χ2v) is 2.91. The minimum absolute atomic E-state index is 0.367. The zero-order chi connectivity index (χ0) is 12.6. The summed E-state index contributed by atoms with van der Waals surface area (Å²) >= 11 is 0. The molecule has 0 amide bonds. The van der Waals surface area contributed by atoms with Gasteiger partial charge in [-0.25, -0.2) is 0 Å². The third-order valence-electron chi connectivity index (χ3n) is 1.62. The number of ether oxygens (including phenoxy) is 4. The molecule has 0 spiro atoms. The fourth-order valence-electron chi connectivity index (χ4n) is 0.873. The monoisotopic (exact) mass is 250 g/mol. The van der Waals surface area contributed by atoms with Gasteiger partial charge in [-0.1, -0.05) is 6.58 Å². The average molecular weight is 250 g/mol. The number of hydrogen-bond acceptors (Lipinski definition) is 6. The first-order valence-electron chi connectivity index (χ1n) is 5.53.